The van der Waals surface area contributed by atoms with Crippen molar-refractivity contribution >= 4 is 31.8 Å². The summed E-state index contributed by atoms with van der Waals surface area (Å²) in [6, 6.07) is 10.7. The molecule has 48 valence electrons. The van der Waals surface area contributed by atoms with Crippen LogP contribution in [-0.2, 0) is 0 Å². The Morgan fingerprint density at radius 1 is 1.10 bits per heavy atom. The lowest BCUT2D eigenvalue weighted by Gasteiger charge is -1.93. The van der Waals surface area contributed by atoms with Crippen LogP contribution in [-0.4, -0.2) is 26.6 Å². The van der Waals surface area contributed by atoms with E-state index >= 15 is 0 Å². The van der Waals surface area contributed by atoms with Gasteiger partial charge in [-0.25, -0.2) is 0 Å². The van der Waals surface area contributed by atoms with Crippen LogP contribution in [0.1, 0.15) is 0 Å². The predicted molar refractivity (Wildman–Crippen MR) is 49.2 cm³/mol. The molecule has 0 fully saturated rings. The van der Waals surface area contributed by atoms with Gasteiger partial charge in [-0.1, -0.05) is 42.1 Å². The summed E-state index contributed by atoms with van der Waals surface area (Å²) >= 11 is 0. The lowest BCUT2D eigenvalue weighted by atomic mass is 10.4. The average molecular weight is 176 g/mol. The van der Waals surface area contributed by atoms with Gasteiger partial charge < -0.3 is 0 Å². The smallest absolute Gasteiger partial charge is 0.0607 e. The Balaban J connectivity index is 2.43. The molecule has 0 amide bonds. The van der Waals surface area contributed by atoms with Crippen molar-refractivity contribution in [2.75, 3.05) is 0 Å². The zero-order valence-electron chi connectivity index (χ0n) is 5.89. The van der Waals surface area contributed by atoms with Crippen molar-refractivity contribution in [3.63, 3.8) is 0 Å². The number of benzene rings is 1. The van der Waals surface area contributed by atoms with E-state index in [1.807, 2.05) is 0 Å². The van der Waals surface area contributed by atoms with Crippen LogP contribution in [0.5, 0.6) is 0 Å². The molecule has 1 aromatic carbocycles. The molecule has 0 aliphatic heterocycles. The highest BCUT2D eigenvalue weighted by atomic mass is 29.5. The average Bonchev–Trinajstić information content (AvgIpc) is 2.03. The zero-order valence-corrected chi connectivity index (χ0v) is 8.89. The summed E-state index contributed by atoms with van der Waals surface area (Å²) in [4.78, 5) is 0. The van der Waals surface area contributed by atoms with Gasteiger partial charge in [0.05, 0.1) is 9.04 Å². The van der Waals surface area contributed by atoms with E-state index < -0.39 is 0 Å². The van der Waals surface area contributed by atoms with E-state index in [1.165, 1.54) is 5.19 Å². The van der Waals surface area contributed by atoms with E-state index in [0.29, 0.717) is 0 Å². The molecule has 0 aliphatic carbocycles. The Labute approximate surface area is 69.1 Å². The van der Waals surface area contributed by atoms with Crippen LogP contribution in [0.25, 0.3) is 0 Å². The van der Waals surface area contributed by atoms with Crippen molar-refractivity contribution in [1.82, 2.24) is 0 Å². The first-order valence-corrected chi connectivity index (χ1v) is 8.66. The molecule has 0 nitrogen and oxygen atoms in total. The van der Waals surface area contributed by atoms with Crippen molar-refractivity contribution in [1.29, 1.82) is 0 Å². The van der Waals surface area contributed by atoms with Crippen LogP contribution in [0.4, 0.5) is 0 Å². The van der Waals surface area contributed by atoms with Crippen molar-refractivity contribution < 1.29 is 0 Å². The van der Waals surface area contributed by atoms with E-state index in [9.17, 15) is 0 Å². The Morgan fingerprint density at radius 3 is 2.40 bits per heavy atom. The van der Waals surface area contributed by atoms with Crippen LogP contribution < -0.4 is 5.19 Å². The molecule has 0 aliphatic rings. The van der Waals surface area contributed by atoms with E-state index in [-0.39, 0.29) is 0 Å². The Bertz CT molecular complexity index is 173. The molecule has 3 heteroatoms. The first-order valence-electron chi connectivity index (χ1n) is 3.16. The minimum Gasteiger partial charge on any atom is -0.0761 e. The molecular formula is C7H8Si3. The monoisotopic (exact) mass is 176 g/mol. The minimum atomic E-state index is 1.04. The highest BCUT2D eigenvalue weighted by molar-refractivity contribution is 7.32. The summed E-state index contributed by atoms with van der Waals surface area (Å²) < 4.78 is 0. The summed E-state index contributed by atoms with van der Waals surface area (Å²) in [7, 11) is 3.32. The summed E-state index contributed by atoms with van der Waals surface area (Å²) in [6.07, 6.45) is 0. The SMILES string of the molecule is C[Si][Si][Si]c1ccccc1. The normalized spacial score (nSPS) is 9.70. The molecule has 1 aromatic rings. The van der Waals surface area contributed by atoms with Gasteiger partial charge in [0.2, 0.25) is 0 Å². The third-order valence-electron chi connectivity index (χ3n) is 1.11. The molecule has 0 saturated heterocycles. The fraction of sp³-hybridized carbons (Fsp3) is 0.143. The Hall–Kier alpha value is -0.129. The lowest BCUT2D eigenvalue weighted by Crippen LogP contribution is -2.23. The number of hydrogen-bond acceptors (Lipinski definition) is 0. The third-order valence-corrected chi connectivity index (χ3v) is 7.47. The number of rotatable bonds is 3. The van der Waals surface area contributed by atoms with Gasteiger partial charge in [-0.05, 0) is 0 Å². The molecule has 0 saturated carbocycles. The lowest BCUT2D eigenvalue weighted by molar-refractivity contribution is 1.77. The maximum absolute atomic E-state index is 2.27. The minimum absolute atomic E-state index is 1.04. The summed E-state index contributed by atoms with van der Waals surface area (Å²) in [5.74, 6) is 0. The molecule has 0 spiro atoms. The topological polar surface area (TPSA) is 0 Å². The van der Waals surface area contributed by atoms with Crippen LogP contribution in [0.2, 0.25) is 6.55 Å². The second kappa shape index (κ2) is 4.65. The quantitative estimate of drug-likeness (QED) is 0.581. The van der Waals surface area contributed by atoms with Crippen LogP contribution in [0.15, 0.2) is 30.3 Å². The van der Waals surface area contributed by atoms with Gasteiger partial charge in [0.25, 0.3) is 0 Å². The largest absolute Gasteiger partial charge is 0.0761 e. The van der Waals surface area contributed by atoms with Gasteiger partial charge in [-0.2, -0.15) is 0 Å². The molecule has 0 N–H and O–H groups in total. The molecule has 10 heavy (non-hydrogen) atoms. The molecular weight excluding hydrogens is 168 g/mol. The van der Waals surface area contributed by atoms with Gasteiger partial charge in [0, 0.05) is 17.6 Å². The fourth-order valence-corrected chi connectivity index (χ4v) is 5.02. The first-order chi connectivity index (χ1) is 4.93. The first kappa shape index (κ1) is 7.97. The van der Waals surface area contributed by atoms with E-state index in [4.69, 9.17) is 0 Å². The maximum atomic E-state index is 2.27. The van der Waals surface area contributed by atoms with Gasteiger partial charge in [0.1, 0.15) is 0 Å². The Morgan fingerprint density at radius 2 is 1.80 bits per heavy atom. The molecule has 0 unspecified atom stereocenters. The van der Waals surface area contributed by atoms with Crippen molar-refractivity contribution in [2.45, 2.75) is 6.55 Å². The molecule has 6 radical (unpaired) electrons. The highest BCUT2D eigenvalue weighted by Crippen LogP contribution is 1.79. The van der Waals surface area contributed by atoms with E-state index in [0.717, 1.165) is 26.6 Å². The summed E-state index contributed by atoms with van der Waals surface area (Å²) in [6.45, 7) is 2.27. The van der Waals surface area contributed by atoms with Crippen LogP contribution in [0.3, 0.4) is 0 Å². The van der Waals surface area contributed by atoms with Crippen LogP contribution in [0, 0.1) is 0 Å². The fourth-order valence-electron chi connectivity index (χ4n) is 0.656. The number of hydrogen-bond donors (Lipinski definition) is 0. The summed E-state index contributed by atoms with van der Waals surface area (Å²) in [5.41, 5.74) is 0. The van der Waals surface area contributed by atoms with E-state index in [2.05, 4.69) is 36.9 Å². The molecule has 1 rings (SSSR count). The van der Waals surface area contributed by atoms with Crippen molar-refractivity contribution in [2.24, 2.45) is 0 Å². The standard InChI is InChI=1S/C7H8Si3/c1-8-10-9-7-5-3-2-4-6-7/h2-6H,1H3. The van der Waals surface area contributed by atoms with Crippen molar-refractivity contribution in [3.05, 3.63) is 30.3 Å². The third kappa shape index (κ3) is 2.64. The molecule has 0 aromatic heterocycles. The van der Waals surface area contributed by atoms with Gasteiger partial charge in [0.15, 0.2) is 0 Å². The van der Waals surface area contributed by atoms with E-state index in [1.54, 1.807) is 0 Å². The second-order valence-electron chi connectivity index (χ2n) is 1.87. The maximum Gasteiger partial charge on any atom is 0.0607 e. The van der Waals surface area contributed by atoms with Gasteiger partial charge in [-0.15, -0.1) is 0 Å². The van der Waals surface area contributed by atoms with Crippen molar-refractivity contribution in [3.8, 4) is 0 Å². The van der Waals surface area contributed by atoms with Crippen LogP contribution >= 0.6 is 0 Å². The second-order valence-corrected chi connectivity index (χ2v) is 8.69. The molecule has 0 bridgehead atoms. The molecule has 0 atom stereocenters. The zero-order chi connectivity index (χ0) is 7.23. The molecule has 0 heterocycles. The Kier molecular flexibility index (Phi) is 3.71. The van der Waals surface area contributed by atoms with Gasteiger partial charge in [-0.3, -0.25) is 0 Å². The van der Waals surface area contributed by atoms with Gasteiger partial charge >= 0.3 is 0 Å². The predicted octanol–water partition coefficient (Wildman–Crippen LogP) is 0.303. The highest BCUT2D eigenvalue weighted by Gasteiger charge is 1.90. The summed E-state index contributed by atoms with van der Waals surface area (Å²) in [5, 5.41) is 1.51.